The lowest BCUT2D eigenvalue weighted by Crippen LogP contribution is -2.21. The van der Waals surface area contributed by atoms with Crippen LogP contribution in [-0.2, 0) is 11.2 Å². The second-order valence-electron chi connectivity index (χ2n) is 5.73. The van der Waals surface area contributed by atoms with Gasteiger partial charge in [0.05, 0.1) is 13.2 Å². The van der Waals surface area contributed by atoms with Gasteiger partial charge in [0.1, 0.15) is 17.6 Å². The Kier molecular flexibility index (Phi) is 3.85. The van der Waals surface area contributed by atoms with Crippen LogP contribution in [0, 0.1) is 5.92 Å². The summed E-state index contributed by atoms with van der Waals surface area (Å²) in [5.74, 6) is 2.41. The highest BCUT2D eigenvalue weighted by atomic mass is 16.5. The van der Waals surface area contributed by atoms with Crippen LogP contribution >= 0.6 is 0 Å². The smallest absolute Gasteiger partial charge is 0.125 e. The quantitative estimate of drug-likeness (QED) is 0.917. The summed E-state index contributed by atoms with van der Waals surface area (Å²) in [6.07, 6.45) is 2.39. The highest BCUT2D eigenvalue weighted by molar-refractivity contribution is 5.50. The Bertz CT molecular complexity index is 489. The van der Waals surface area contributed by atoms with E-state index in [4.69, 9.17) is 14.2 Å². The van der Waals surface area contributed by atoms with Gasteiger partial charge in [-0.25, -0.2) is 0 Å². The van der Waals surface area contributed by atoms with Crippen LogP contribution in [0.5, 0.6) is 11.5 Å². The normalized spacial score (nSPS) is 28.2. The monoisotopic (exact) mass is 277 g/mol. The van der Waals surface area contributed by atoms with Gasteiger partial charge in [-0.1, -0.05) is 0 Å². The zero-order valence-electron chi connectivity index (χ0n) is 12.4. The molecule has 0 spiro atoms. The van der Waals surface area contributed by atoms with Gasteiger partial charge in [-0.2, -0.15) is 0 Å². The molecular formula is C16H23NO3. The molecular weight excluding hydrogens is 254 g/mol. The van der Waals surface area contributed by atoms with Crippen LogP contribution in [0.1, 0.15) is 30.6 Å². The average Bonchev–Trinajstić information content (AvgIpc) is 3.02. The van der Waals surface area contributed by atoms with Crippen molar-refractivity contribution in [2.75, 3.05) is 27.3 Å². The minimum atomic E-state index is 0.0993. The summed E-state index contributed by atoms with van der Waals surface area (Å²) in [5, 5.41) is 3.25. The first-order chi connectivity index (χ1) is 9.72. The third-order valence-electron chi connectivity index (χ3n) is 4.24. The second kappa shape index (κ2) is 5.62. The highest BCUT2D eigenvalue weighted by Crippen LogP contribution is 2.43. The number of rotatable bonds is 4. The van der Waals surface area contributed by atoms with Crippen molar-refractivity contribution >= 4 is 0 Å². The molecule has 3 atom stereocenters. The first kappa shape index (κ1) is 13.7. The average molecular weight is 277 g/mol. The first-order valence-electron chi connectivity index (χ1n) is 7.36. The summed E-state index contributed by atoms with van der Waals surface area (Å²) in [6, 6.07) is 4.24. The minimum Gasteiger partial charge on any atom is -0.496 e. The third-order valence-corrected chi connectivity index (χ3v) is 4.24. The summed E-state index contributed by atoms with van der Waals surface area (Å²) in [4.78, 5) is 0. The molecule has 0 bridgehead atoms. The van der Waals surface area contributed by atoms with Gasteiger partial charge in [0.2, 0.25) is 0 Å². The van der Waals surface area contributed by atoms with E-state index in [1.54, 1.807) is 7.11 Å². The zero-order valence-corrected chi connectivity index (χ0v) is 12.4. The number of nitrogens with one attached hydrogen (secondary N) is 1. The van der Waals surface area contributed by atoms with E-state index < -0.39 is 0 Å². The van der Waals surface area contributed by atoms with Gasteiger partial charge in [0, 0.05) is 36.6 Å². The van der Waals surface area contributed by atoms with Gasteiger partial charge < -0.3 is 19.5 Å². The van der Waals surface area contributed by atoms with E-state index in [1.165, 1.54) is 5.56 Å². The molecule has 3 rings (SSSR count). The van der Waals surface area contributed by atoms with Gasteiger partial charge in [-0.15, -0.1) is 0 Å². The van der Waals surface area contributed by atoms with E-state index in [2.05, 4.69) is 24.4 Å². The van der Waals surface area contributed by atoms with Crippen LogP contribution in [0.25, 0.3) is 0 Å². The summed E-state index contributed by atoms with van der Waals surface area (Å²) in [6.45, 7) is 3.87. The number of hydrogen-bond donors (Lipinski definition) is 1. The van der Waals surface area contributed by atoms with Crippen molar-refractivity contribution in [2.45, 2.75) is 32.0 Å². The predicted octanol–water partition coefficient (Wildman–Crippen LogP) is 2.32. The molecule has 1 N–H and O–H groups in total. The first-order valence-corrected chi connectivity index (χ1v) is 7.36. The highest BCUT2D eigenvalue weighted by Gasteiger charge is 2.33. The maximum atomic E-state index is 5.96. The Morgan fingerprint density at radius 3 is 3.00 bits per heavy atom. The minimum absolute atomic E-state index is 0.0993. The molecule has 0 aromatic heterocycles. The molecule has 1 saturated heterocycles. The van der Waals surface area contributed by atoms with Crippen LogP contribution in [-0.4, -0.2) is 33.4 Å². The molecule has 2 aliphatic rings. The van der Waals surface area contributed by atoms with E-state index in [-0.39, 0.29) is 12.2 Å². The molecule has 4 nitrogen and oxygen atoms in total. The van der Waals surface area contributed by atoms with Gasteiger partial charge in [-0.05, 0) is 32.5 Å². The Labute approximate surface area is 120 Å². The maximum absolute atomic E-state index is 5.96. The molecule has 0 saturated carbocycles. The van der Waals surface area contributed by atoms with Crippen molar-refractivity contribution in [1.82, 2.24) is 5.32 Å². The lowest BCUT2D eigenvalue weighted by molar-refractivity contribution is 0.0884. The van der Waals surface area contributed by atoms with Crippen LogP contribution in [0.4, 0.5) is 0 Å². The number of fused-ring (bicyclic) bond motifs is 1. The zero-order chi connectivity index (χ0) is 14.1. The molecule has 0 amide bonds. The molecule has 2 aliphatic heterocycles. The molecule has 1 aromatic rings. The van der Waals surface area contributed by atoms with E-state index in [9.17, 15) is 0 Å². The van der Waals surface area contributed by atoms with Gasteiger partial charge in [0.25, 0.3) is 0 Å². The predicted molar refractivity (Wildman–Crippen MR) is 77.5 cm³/mol. The fraction of sp³-hybridized carbons (Fsp3) is 0.625. The Balaban J connectivity index is 1.94. The van der Waals surface area contributed by atoms with Crippen LogP contribution in [0.2, 0.25) is 0 Å². The molecule has 1 aromatic carbocycles. The molecule has 3 unspecified atom stereocenters. The largest absolute Gasteiger partial charge is 0.496 e. The molecule has 0 aliphatic carbocycles. The van der Waals surface area contributed by atoms with Crippen LogP contribution in [0.3, 0.4) is 0 Å². The number of ether oxygens (including phenoxy) is 3. The van der Waals surface area contributed by atoms with Crippen LogP contribution < -0.4 is 14.8 Å². The summed E-state index contributed by atoms with van der Waals surface area (Å²) < 4.78 is 17.4. The third kappa shape index (κ3) is 2.38. The molecule has 1 fully saturated rings. The molecule has 110 valence electrons. The van der Waals surface area contributed by atoms with E-state index in [0.29, 0.717) is 5.92 Å². The Morgan fingerprint density at radius 1 is 1.40 bits per heavy atom. The van der Waals surface area contributed by atoms with Crippen molar-refractivity contribution in [1.29, 1.82) is 0 Å². The molecule has 2 heterocycles. The summed E-state index contributed by atoms with van der Waals surface area (Å²) in [5.41, 5.74) is 2.36. The standard InChI is InChI=1S/C16H23NO3/c1-10-6-12-7-15(18-3)13(8-14(12)20-10)16-11(9-17-2)4-5-19-16/h7-8,10-11,16-17H,4-6,9H2,1-3H3. The topological polar surface area (TPSA) is 39.7 Å². The molecule has 20 heavy (non-hydrogen) atoms. The van der Waals surface area contributed by atoms with Crippen molar-refractivity contribution < 1.29 is 14.2 Å². The van der Waals surface area contributed by atoms with Gasteiger partial charge >= 0.3 is 0 Å². The van der Waals surface area contributed by atoms with Crippen molar-refractivity contribution in [3.63, 3.8) is 0 Å². The summed E-state index contributed by atoms with van der Waals surface area (Å²) >= 11 is 0. The maximum Gasteiger partial charge on any atom is 0.125 e. The van der Waals surface area contributed by atoms with E-state index in [1.807, 2.05) is 7.05 Å². The summed E-state index contributed by atoms with van der Waals surface area (Å²) in [7, 11) is 3.71. The fourth-order valence-corrected chi connectivity index (χ4v) is 3.30. The Hall–Kier alpha value is -1.26. The lowest BCUT2D eigenvalue weighted by Gasteiger charge is -2.21. The van der Waals surface area contributed by atoms with E-state index in [0.717, 1.165) is 43.1 Å². The van der Waals surface area contributed by atoms with E-state index >= 15 is 0 Å². The van der Waals surface area contributed by atoms with Crippen molar-refractivity contribution in [3.8, 4) is 11.5 Å². The molecule has 0 radical (unpaired) electrons. The van der Waals surface area contributed by atoms with Crippen molar-refractivity contribution in [2.24, 2.45) is 5.92 Å². The lowest BCUT2D eigenvalue weighted by atomic mass is 9.93. The number of hydrogen-bond acceptors (Lipinski definition) is 4. The van der Waals surface area contributed by atoms with Crippen molar-refractivity contribution in [3.05, 3.63) is 23.3 Å². The fourth-order valence-electron chi connectivity index (χ4n) is 3.30. The Morgan fingerprint density at radius 2 is 2.25 bits per heavy atom. The van der Waals surface area contributed by atoms with Gasteiger partial charge in [0.15, 0.2) is 0 Å². The van der Waals surface area contributed by atoms with Crippen LogP contribution in [0.15, 0.2) is 12.1 Å². The number of methoxy groups -OCH3 is 1. The second-order valence-corrected chi connectivity index (χ2v) is 5.73. The van der Waals surface area contributed by atoms with Gasteiger partial charge in [-0.3, -0.25) is 0 Å². The SMILES string of the molecule is CNCC1CCOC1c1cc2c(cc1OC)CC(C)O2. The number of benzene rings is 1. The molecule has 4 heteroatoms.